The quantitative estimate of drug-likeness (QED) is 0.797. The summed E-state index contributed by atoms with van der Waals surface area (Å²) in [4.78, 5) is 18.2. The highest BCUT2D eigenvalue weighted by Gasteiger charge is 2.26. The lowest BCUT2D eigenvalue weighted by Crippen LogP contribution is -2.34. The zero-order valence-corrected chi connectivity index (χ0v) is 14.0. The fourth-order valence-corrected chi connectivity index (χ4v) is 3.34. The lowest BCUT2D eigenvalue weighted by molar-refractivity contribution is 0.0600. The second kappa shape index (κ2) is 6.99. The molecule has 0 saturated carbocycles. The van der Waals surface area contributed by atoms with Crippen LogP contribution < -0.4 is 4.90 Å². The van der Waals surface area contributed by atoms with Gasteiger partial charge in [-0.1, -0.05) is 6.07 Å². The molecule has 1 aliphatic heterocycles. The number of esters is 1. The van der Waals surface area contributed by atoms with Crippen molar-refractivity contribution in [2.24, 2.45) is 0 Å². The maximum atomic E-state index is 13.4. The number of benzene rings is 1. The van der Waals surface area contributed by atoms with Crippen LogP contribution in [0.15, 0.2) is 36.5 Å². The van der Waals surface area contributed by atoms with Crippen LogP contribution in [0.4, 0.5) is 10.2 Å². The molecule has 3 rings (SSSR count). The number of ether oxygens (including phenoxy) is 1. The Morgan fingerprint density at radius 1 is 1.29 bits per heavy atom. The molecule has 0 N–H and O–H groups in total. The van der Waals surface area contributed by atoms with Gasteiger partial charge in [-0.05, 0) is 61.6 Å². The Morgan fingerprint density at radius 3 is 2.79 bits per heavy atom. The number of hydrogen-bond donors (Lipinski definition) is 0. The van der Waals surface area contributed by atoms with E-state index in [9.17, 15) is 9.18 Å². The first-order valence-electron chi connectivity index (χ1n) is 8.17. The minimum Gasteiger partial charge on any atom is -0.465 e. The summed E-state index contributed by atoms with van der Waals surface area (Å²) in [5, 5.41) is 0. The van der Waals surface area contributed by atoms with Crippen molar-refractivity contribution in [3.05, 3.63) is 59.0 Å². The Hall–Kier alpha value is -2.43. The van der Waals surface area contributed by atoms with Crippen molar-refractivity contribution < 1.29 is 13.9 Å². The zero-order valence-electron chi connectivity index (χ0n) is 14.0. The number of hydrogen-bond acceptors (Lipinski definition) is 4. The fraction of sp³-hybridized carbons (Fsp3) is 0.368. The fourth-order valence-electron chi connectivity index (χ4n) is 3.34. The smallest absolute Gasteiger partial charge is 0.339 e. The Balaban J connectivity index is 1.91. The molecule has 2 aromatic rings. The molecule has 0 radical (unpaired) electrons. The van der Waals surface area contributed by atoms with Crippen LogP contribution in [-0.4, -0.2) is 24.6 Å². The Kier molecular flexibility index (Phi) is 4.79. The van der Waals surface area contributed by atoms with Crippen molar-refractivity contribution in [3.63, 3.8) is 0 Å². The number of pyridine rings is 1. The SMILES string of the molecule is COC(=O)c1ccc(N2CCCCC2c2ccc(F)cc2C)nc1. The van der Waals surface area contributed by atoms with Gasteiger partial charge in [-0.3, -0.25) is 0 Å². The number of aromatic nitrogens is 1. The Morgan fingerprint density at radius 2 is 2.12 bits per heavy atom. The minimum absolute atomic E-state index is 0.177. The van der Waals surface area contributed by atoms with E-state index in [1.807, 2.05) is 19.1 Å². The molecule has 5 heteroatoms. The van der Waals surface area contributed by atoms with Crippen LogP contribution >= 0.6 is 0 Å². The summed E-state index contributed by atoms with van der Waals surface area (Å²) in [7, 11) is 1.36. The van der Waals surface area contributed by atoms with Gasteiger partial charge in [0.1, 0.15) is 11.6 Å². The van der Waals surface area contributed by atoms with Crippen LogP contribution in [0.2, 0.25) is 0 Å². The van der Waals surface area contributed by atoms with E-state index in [0.29, 0.717) is 5.56 Å². The summed E-state index contributed by atoms with van der Waals surface area (Å²) in [5.74, 6) is 0.230. The van der Waals surface area contributed by atoms with Crippen LogP contribution in [0, 0.1) is 12.7 Å². The molecule has 0 bridgehead atoms. The summed E-state index contributed by atoms with van der Waals surface area (Å²) >= 11 is 0. The Labute approximate surface area is 141 Å². The first kappa shape index (κ1) is 16.4. The lowest BCUT2D eigenvalue weighted by atomic mass is 9.92. The lowest BCUT2D eigenvalue weighted by Gasteiger charge is -2.37. The summed E-state index contributed by atoms with van der Waals surface area (Å²) in [5.41, 5.74) is 2.53. The van der Waals surface area contributed by atoms with Gasteiger partial charge in [-0.25, -0.2) is 14.2 Å². The molecular weight excluding hydrogens is 307 g/mol. The maximum absolute atomic E-state index is 13.4. The summed E-state index contributed by atoms with van der Waals surface area (Å²) in [6.07, 6.45) is 4.78. The third kappa shape index (κ3) is 3.25. The van der Waals surface area contributed by atoms with Crippen LogP contribution in [0.3, 0.4) is 0 Å². The van der Waals surface area contributed by atoms with Crippen LogP contribution in [0.1, 0.15) is 46.8 Å². The molecule has 126 valence electrons. The van der Waals surface area contributed by atoms with Crippen molar-refractivity contribution in [2.45, 2.75) is 32.2 Å². The highest BCUT2D eigenvalue weighted by atomic mass is 19.1. The van der Waals surface area contributed by atoms with E-state index in [4.69, 9.17) is 4.74 Å². The minimum atomic E-state index is -0.390. The average molecular weight is 328 g/mol. The van der Waals surface area contributed by atoms with Crippen LogP contribution in [0.5, 0.6) is 0 Å². The van der Waals surface area contributed by atoms with E-state index < -0.39 is 5.97 Å². The van der Waals surface area contributed by atoms with Crippen molar-refractivity contribution >= 4 is 11.8 Å². The van der Waals surface area contributed by atoms with E-state index in [1.54, 1.807) is 18.3 Å². The maximum Gasteiger partial charge on any atom is 0.339 e. The number of rotatable bonds is 3. The molecule has 4 nitrogen and oxygen atoms in total. The number of aryl methyl sites for hydroxylation is 1. The van der Waals surface area contributed by atoms with Gasteiger partial charge in [0.2, 0.25) is 0 Å². The number of anilines is 1. The van der Waals surface area contributed by atoms with Gasteiger partial charge >= 0.3 is 5.97 Å². The van der Waals surface area contributed by atoms with Gasteiger partial charge in [-0.2, -0.15) is 0 Å². The molecule has 1 saturated heterocycles. The van der Waals surface area contributed by atoms with Gasteiger partial charge < -0.3 is 9.64 Å². The van der Waals surface area contributed by atoms with Gasteiger partial charge in [-0.15, -0.1) is 0 Å². The van der Waals surface area contributed by atoms with Crippen molar-refractivity contribution in [1.82, 2.24) is 4.98 Å². The average Bonchev–Trinajstić information content (AvgIpc) is 2.61. The van der Waals surface area contributed by atoms with Crippen molar-refractivity contribution in [3.8, 4) is 0 Å². The van der Waals surface area contributed by atoms with Crippen LogP contribution in [-0.2, 0) is 4.74 Å². The number of methoxy groups -OCH3 is 1. The number of halogens is 1. The summed E-state index contributed by atoms with van der Waals surface area (Å²) in [6.45, 7) is 2.84. The van der Waals surface area contributed by atoms with Crippen molar-refractivity contribution in [1.29, 1.82) is 0 Å². The van der Waals surface area contributed by atoms with E-state index in [0.717, 1.165) is 42.8 Å². The van der Waals surface area contributed by atoms with E-state index in [1.165, 1.54) is 13.2 Å². The normalized spacial score (nSPS) is 17.6. The molecule has 2 heterocycles. The first-order valence-corrected chi connectivity index (χ1v) is 8.17. The molecule has 0 amide bonds. The molecule has 0 spiro atoms. The number of nitrogens with zero attached hydrogens (tertiary/aromatic N) is 2. The third-order valence-corrected chi connectivity index (χ3v) is 4.56. The third-order valence-electron chi connectivity index (χ3n) is 4.56. The number of piperidine rings is 1. The topological polar surface area (TPSA) is 42.4 Å². The molecule has 24 heavy (non-hydrogen) atoms. The molecule has 1 fully saturated rings. The molecule has 1 aromatic carbocycles. The second-order valence-electron chi connectivity index (χ2n) is 6.10. The molecular formula is C19H21FN2O2. The highest BCUT2D eigenvalue weighted by Crippen LogP contribution is 2.35. The molecule has 1 aromatic heterocycles. The molecule has 1 unspecified atom stereocenters. The van der Waals surface area contributed by atoms with Gasteiger partial charge in [0.15, 0.2) is 0 Å². The van der Waals surface area contributed by atoms with E-state index >= 15 is 0 Å². The van der Waals surface area contributed by atoms with Crippen molar-refractivity contribution in [2.75, 3.05) is 18.6 Å². The van der Waals surface area contributed by atoms with Gasteiger partial charge in [0, 0.05) is 12.7 Å². The second-order valence-corrected chi connectivity index (χ2v) is 6.10. The predicted molar refractivity (Wildman–Crippen MR) is 90.7 cm³/mol. The van der Waals surface area contributed by atoms with Gasteiger partial charge in [0.25, 0.3) is 0 Å². The number of carbonyl (C=O) groups is 1. The summed E-state index contributed by atoms with van der Waals surface area (Å²) in [6, 6.07) is 8.73. The summed E-state index contributed by atoms with van der Waals surface area (Å²) < 4.78 is 18.1. The van der Waals surface area contributed by atoms with Crippen LogP contribution in [0.25, 0.3) is 0 Å². The number of carbonyl (C=O) groups excluding carboxylic acids is 1. The standard InChI is InChI=1S/C19H21FN2O2/c1-13-11-15(20)7-8-16(13)17-5-3-4-10-22(17)18-9-6-14(12-21-18)19(23)24-2/h6-9,11-12,17H,3-5,10H2,1-2H3. The first-order chi connectivity index (χ1) is 11.6. The molecule has 1 atom stereocenters. The highest BCUT2D eigenvalue weighted by molar-refractivity contribution is 5.89. The molecule has 1 aliphatic rings. The Bertz CT molecular complexity index is 731. The van der Waals surface area contributed by atoms with Gasteiger partial charge in [0.05, 0.1) is 18.7 Å². The zero-order chi connectivity index (χ0) is 17.1. The van der Waals surface area contributed by atoms with E-state index in [-0.39, 0.29) is 11.9 Å². The monoisotopic (exact) mass is 328 g/mol. The largest absolute Gasteiger partial charge is 0.465 e. The predicted octanol–water partition coefficient (Wildman–Crippen LogP) is 4.05. The van der Waals surface area contributed by atoms with E-state index in [2.05, 4.69) is 9.88 Å². The molecule has 0 aliphatic carbocycles.